The van der Waals surface area contributed by atoms with E-state index in [0.717, 1.165) is 15.8 Å². The molecule has 0 aliphatic carbocycles. The minimum Gasteiger partial charge on any atom is -0.411 e. The number of thioether (sulfide) groups is 1. The highest BCUT2D eigenvalue weighted by Gasteiger charge is 2.10. The first-order valence-electron chi connectivity index (χ1n) is 6.18. The van der Waals surface area contributed by atoms with E-state index in [1.54, 1.807) is 12.1 Å². The van der Waals surface area contributed by atoms with Gasteiger partial charge in [0.2, 0.25) is 5.89 Å². The minimum atomic E-state index is 0.501. The largest absolute Gasteiger partial charge is 0.411 e. The van der Waals surface area contributed by atoms with E-state index in [2.05, 4.69) is 32.2 Å². The van der Waals surface area contributed by atoms with Gasteiger partial charge in [0.1, 0.15) is 0 Å². The third-order valence-electron chi connectivity index (χ3n) is 2.81. The molecule has 106 valence electrons. The van der Waals surface area contributed by atoms with Crippen LogP contribution in [0.5, 0.6) is 0 Å². The van der Waals surface area contributed by atoms with E-state index >= 15 is 0 Å². The zero-order chi connectivity index (χ0) is 14.7. The second kappa shape index (κ2) is 6.64. The molecule has 6 heteroatoms. The zero-order valence-corrected chi connectivity index (χ0v) is 14.0. The van der Waals surface area contributed by atoms with Gasteiger partial charge in [-0.2, -0.15) is 0 Å². The average molecular weight is 382 g/mol. The summed E-state index contributed by atoms with van der Waals surface area (Å²) in [5.41, 5.74) is 2.05. The molecule has 21 heavy (non-hydrogen) atoms. The molecule has 3 nitrogen and oxygen atoms in total. The van der Waals surface area contributed by atoms with E-state index in [9.17, 15) is 0 Å². The number of aromatic nitrogens is 2. The molecule has 0 fully saturated rings. The first-order chi connectivity index (χ1) is 10.2. The molecule has 0 radical (unpaired) electrons. The van der Waals surface area contributed by atoms with Crippen molar-refractivity contribution >= 4 is 39.3 Å². The monoisotopic (exact) mass is 380 g/mol. The molecule has 1 aromatic heterocycles. The Balaban J connectivity index is 1.71. The van der Waals surface area contributed by atoms with Gasteiger partial charge in [-0.05, 0) is 35.9 Å². The second-order valence-electron chi connectivity index (χ2n) is 4.26. The van der Waals surface area contributed by atoms with E-state index in [-0.39, 0.29) is 0 Å². The Morgan fingerprint density at radius 3 is 2.57 bits per heavy atom. The standard InChI is InChI=1S/C15H10BrClN2OS/c16-13-4-2-1-3-11(13)9-21-15-19-18-14(20-15)10-5-7-12(17)8-6-10/h1-8H,9H2. The summed E-state index contributed by atoms with van der Waals surface area (Å²) in [7, 11) is 0. The van der Waals surface area contributed by atoms with Crippen molar-refractivity contribution in [2.45, 2.75) is 11.0 Å². The minimum absolute atomic E-state index is 0.501. The summed E-state index contributed by atoms with van der Waals surface area (Å²) in [5.74, 6) is 1.27. The zero-order valence-electron chi connectivity index (χ0n) is 10.8. The number of nitrogens with zero attached hydrogens (tertiary/aromatic N) is 2. The molecule has 0 bridgehead atoms. The summed E-state index contributed by atoms with van der Waals surface area (Å²) in [5, 5.41) is 9.35. The molecule has 3 aromatic rings. The van der Waals surface area contributed by atoms with Crippen LogP contribution in [0.2, 0.25) is 5.02 Å². The number of rotatable bonds is 4. The maximum atomic E-state index is 5.86. The van der Waals surface area contributed by atoms with Crippen LogP contribution >= 0.6 is 39.3 Å². The van der Waals surface area contributed by atoms with Crippen molar-refractivity contribution < 1.29 is 4.42 Å². The smallest absolute Gasteiger partial charge is 0.277 e. The predicted octanol–water partition coefficient (Wildman–Crippen LogP) is 5.44. The van der Waals surface area contributed by atoms with Crippen molar-refractivity contribution in [2.24, 2.45) is 0 Å². The fraction of sp³-hybridized carbons (Fsp3) is 0.0667. The van der Waals surface area contributed by atoms with Gasteiger partial charge in [-0.1, -0.05) is 57.5 Å². The lowest BCUT2D eigenvalue weighted by Gasteiger charge is -2.00. The van der Waals surface area contributed by atoms with E-state index in [1.807, 2.05) is 30.3 Å². The van der Waals surface area contributed by atoms with Crippen molar-refractivity contribution in [3.8, 4) is 11.5 Å². The fourth-order valence-corrected chi connectivity index (χ4v) is 3.24. The molecule has 0 amide bonds. The van der Waals surface area contributed by atoms with Crippen LogP contribution in [-0.2, 0) is 5.75 Å². The first kappa shape index (κ1) is 14.6. The van der Waals surface area contributed by atoms with E-state index in [0.29, 0.717) is 16.1 Å². The summed E-state index contributed by atoms with van der Waals surface area (Å²) >= 11 is 10.9. The molecule has 0 atom stereocenters. The topological polar surface area (TPSA) is 38.9 Å². The van der Waals surface area contributed by atoms with Gasteiger partial charge in [-0.3, -0.25) is 0 Å². The second-order valence-corrected chi connectivity index (χ2v) is 6.48. The summed E-state index contributed by atoms with van der Waals surface area (Å²) in [6.45, 7) is 0. The number of hydrogen-bond acceptors (Lipinski definition) is 4. The van der Waals surface area contributed by atoms with Gasteiger partial charge in [-0.25, -0.2) is 0 Å². The maximum absolute atomic E-state index is 5.86. The normalized spacial score (nSPS) is 10.8. The summed E-state index contributed by atoms with van der Waals surface area (Å²) in [4.78, 5) is 0. The van der Waals surface area contributed by atoms with Gasteiger partial charge in [0, 0.05) is 20.8 Å². The van der Waals surface area contributed by atoms with Crippen molar-refractivity contribution in [1.29, 1.82) is 0 Å². The third kappa shape index (κ3) is 3.67. The molecule has 2 aromatic carbocycles. The Bertz CT molecular complexity index is 745. The lowest BCUT2D eigenvalue weighted by Crippen LogP contribution is -1.82. The van der Waals surface area contributed by atoms with Crippen molar-refractivity contribution in [1.82, 2.24) is 10.2 Å². The molecule has 0 N–H and O–H groups in total. The molecular weight excluding hydrogens is 372 g/mol. The Morgan fingerprint density at radius 2 is 1.81 bits per heavy atom. The van der Waals surface area contributed by atoms with Crippen molar-refractivity contribution in [3.05, 3.63) is 63.6 Å². The van der Waals surface area contributed by atoms with Gasteiger partial charge >= 0.3 is 0 Å². The lowest BCUT2D eigenvalue weighted by atomic mass is 10.2. The van der Waals surface area contributed by atoms with Gasteiger partial charge < -0.3 is 4.42 Å². The van der Waals surface area contributed by atoms with Crippen LogP contribution < -0.4 is 0 Å². The summed E-state index contributed by atoms with van der Waals surface area (Å²) < 4.78 is 6.73. The maximum Gasteiger partial charge on any atom is 0.277 e. The van der Waals surface area contributed by atoms with Crippen LogP contribution in [-0.4, -0.2) is 10.2 Å². The number of benzene rings is 2. The van der Waals surface area contributed by atoms with Crippen LogP contribution in [0.25, 0.3) is 11.5 Å². The molecule has 0 saturated heterocycles. The van der Waals surface area contributed by atoms with Crippen LogP contribution in [0.3, 0.4) is 0 Å². The quantitative estimate of drug-likeness (QED) is 0.564. The van der Waals surface area contributed by atoms with E-state index < -0.39 is 0 Å². The summed E-state index contributed by atoms with van der Waals surface area (Å²) in [6, 6.07) is 15.4. The number of halogens is 2. The highest BCUT2D eigenvalue weighted by atomic mass is 79.9. The van der Waals surface area contributed by atoms with Crippen molar-refractivity contribution in [3.63, 3.8) is 0 Å². The molecule has 0 unspecified atom stereocenters. The van der Waals surface area contributed by atoms with Crippen LogP contribution in [0, 0.1) is 0 Å². The van der Waals surface area contributed by atoms with Gasteiger partial charge in [0.15, 0.2) is 0 Å². The Kier molecular flexibility index (Phi) is 4.63. The van der Waals surface area contributed by atoms with Crippen LogP contribution in [0.15, 0.2) is 62.6 Å². The lowest BCUT2D eigenvalue weighted by molar-refractivity contribution is 0.466. The molecular formula is C15H10BrClN2OS. The van der Waals surface area contributed by atoms with E-state index in [4.69, 9.17) is 16.0 Å². The van der Waals surface area contributed by atoms with Gasteiger partial charge in [0.25, 0.3) is 5.22 Å². The predicted molar refractivity (Wildman–Crippen MR) is 88.4 cm³/mol. The molecule has 0 spiro atoms. The molecule has 1 heterocycles. The molecule has 0 aliphatic rings. The Hall–Kier alpha value is -1.30. The molecule has 3 rings (SSSR count). The summed E-state index contributed by atoms with van der Waals surface area (Å²) in [6.07, 6.45) is 0. The van der Waals surface area contributed by atoms with Crippen LogP contribution in [0.1, 0.15) is 5.56 Å². The van der Waals surface area contributed by atoms with Crippen molar-refractivity contribution in [2.75, 3.05) is 0 Å². The SMILES string of the molecule is Clc1ccc(-c2nnc(SCc3ccccc3Br)o2)cc1. The highest BCUT2D eigenvalue weighted by molar-refractivity contribution is 9.10. The number of hydrogen-bond donors (Lipinski definition) is 0. The fourth-order valence-electron chi connectivity index (χ4n) is 1.73. The van der Waals surface area contributed by atoms with Crippen LogP contribution in [0.4, 0.5) is 0 Å². The highest BCUT2D eigenvalue weighted by Crippen LogP contribution is 2.28. The third-order valence-corrected chi connectivity index (χ3v) is 4.70. The first-order valence-corrected chi connectivity index (χ1v) is 8.34. The molecule has 0 saturated carbocycles. The average Bonchev–Trinajstić information content (AvgIpc) is 2.96. The van der Waals surface area contributed by atoms with Gasteiger partial charge in [0.05, 0.1) is 0 Å². The Morgan fingerprint density at radius 1 is 1.05 bits per heavy atom. The molecule has 0 aliphatic heterocycles. The van der Waals surface area contributed by atoms with Gasteiger partial charge in [-0.15, -0.1) is 10.2 Å². The van der Waals surface area contributed by atoms with E-state index in [1.165, 1.54) is 17.3 Å². The Labute approximate surface area is 139 Å².